The molecule has 0 radical (unpaired) electrons. The Morgan fingerprint density at radius 3 is 1.84 bits per heavy atom. The molecule has 4 aliphatic carbocycles. The highest BCUT2D eigenvalue weighted by atomic mass is 32.2. The summed E-state index contributed by atoms with van der Waals surface area (Å²) >= 11 is 0. The van der Waals surface area contributed by atoms with Crippen LogP contribution in [0.4, 0.5) is 0 Å². The molecule has 0 aromatic heterocycles. The van der Waals surface area contributed by atoms with Crippen molar-refractivity contribution in [3.8, 4) is 0 Å². The van der Waals surface area contributed by atoms with Crippen LogP contribution in [0.2, 0.25) is 0 Å². The summed E-state index contributed by atoms with van der Waals surface area (Å²) < 4.78 is 28.9. The van der Waals surface area contributed by atoms with Crippen molar-refractivity contribution >= 4 is 10.0 Å². The summed E-state index contributed by atoms with van der Waals surface area (Å²) in [4.78, 5) is 0.397. The zero-order valence-electron chi connectivity index (χ0n) is 15.7. The largest absolute Gasteiger partial charge is 0.240 e. The average molecular weight is 362 g/mol. The van der Waals surface area contributed by atoms with Crippen LogP contribution in [0.25, 0.3) is 0 Å². The minimum atomic E-state index is -3.45. The molecule has 0 spiro atoms. The molecule has 5 rings (SSSR count). The van der Waals surface area contributed by atoms with Crippen molar-refractivity contribution in [1.82, 2.24) is 4.72 Å². The van der Waals surface area contributed by atoms with E-state index in [4.69, 9.17) is 0 Å². The second-order valence-corrected chi connectivity index (χ2v) is 11.1. The van der Waals surface area contributed by atoms with Crippen LogP contribution in [0.1, 0.15) is 70.8 Å². The van der Waals surface area contributed by atoms with E-state index in [1.54, 1.807) is 12.1 Å². The Hall–Kier alpha value is -0.870. The summed E-state index contributed by atoms with van der Waals surface area (Å²) in [6.07, 6.45) is 7.80. The van der Waals surface area contributed by atoms with Crippen molar-refractivity contribution in [1.29, 1.82) is 0 Å². The lowest BCUT2D eigenvalue weighted by Gasteiger charge is -2.59. The second-order valence-electron chi connectivity index (χ2n) is 9.35. The molecule has 1 aromatic carbocycles. The van der Waals surface area contributed by atoms with Crippen LogP contribution >= 0.6 is 0 Å². The lowest BCUT2D eigenvalue weighted by atomic mass is 9.48. The number of sulfonamides is 1. The van der Waals surface area contributed by atoms with E-state index >= 15 is 0 Å². The first-order chi connectivity index (χ1) is 11.8. The van der Waals surface area contributed by atoms with Crippen LogP contribution in [-0.2, 0) is 10.0 Å². The van der Waals surface area contributed by atoms with E-state index < -0.39 is 10.0 Å². The van der Waals surface area contributed by atoms with Gasteiger partial charge in [0.05, 0.1) is 4.90 Å². The third kappa shape index (κ3) is 3.16. The smallest absolute Gasteiger partial charge is 0.208 e. The molecule has 0 saturated heterocycles. The van der Waals surface area contributed by atoms with Crippen molar-refractivity contribution in [2.45, 2.75) is 76.2 Å². The molecular formula is C21H31NO2S. The molecule has 4 bridgehead atoms. The maximum Gasteiger partial charge on any atom is 0.240 e. The standard InChI is InChI=1S/C21H31NO2S/c1-14(2)19-4-6-20(7-5-19)25(23,24)22-15(3)21-11-16-8-17(12-21)10-18(9-16)13-21/h4-7,14-18,22H,8-13H2,1-3H3. The lowest BCUT2D eigenvalue weighted by Crippen LogP contribution is -2.55. The van der Waals surface area contributed by atoms with E-state index in [2.05, 4.69) is 25.5 Å². The highest BCUT2D eigenvalue weighted by molar-refractivity contribution is 7.89. The van der Waals surface area contributed by atoms with E-state index in [1.165, 1.54) is 44.1 Å². The van der Waals surface area contributed by atoms with Crippen molar-refractivity contribution in [2.24, 2.45) is 23.2 Å². The highest BCUT2D eigenvalue weighted by Crippen LogP contribution is 2.61. The lowest BCUT2D eigenvalue weighted by molar-refractivity contribution is -0.0666. The number of hydrogen-bond acceptors (Lipinski definition) is 2. The van der Waals surface area contributed by atoms with Gasteiger partial charge in [0.1, 0.15) is 0 Å². The van der Waals surface area contributed by atoms with Crippen molar-refractivity contribution in [3.63, 3.8) is 0 Å². The third-order valence-corrected chi connectivity index (χ3v) is 8.75. The van der Waals surface area contributed by atoms with Crippen LogP contribution in [0.3, 0.4) is 0 Å². The molecule has 138 valence electrons. The summed E-state index contributed by atoms with van der Waals surface area (Å²) in [5, 5.41) is 0. The van der Waals surface area contributed by atoms with Gasteiger partial charge in [-0.1, -0.05) is 26.0 Å². The van der Waals surface area contributed by atoms with Gasteiger partial charge in [-0.3, -0.25) is 0 Å². The van der Waals surface area contributed by atoms with Gasteiger partial charge in [0.2, 0.25) is 10.0 Å². The summed E-state index contributed by atoms with van der Waals surface area (Å²) in [5.74, 6) is 2.92. The van der Waals surface area contributed by atoms with E-state index in [1.807, 2.05) is 12.1 Å². The van der Waals surface area contributed by atoms with E-state index in [-0.39, 0.29) is 11.5 Å². The Labute approximate surface area is 152 Å². The van der Waals surface area contributed by atoms with Crippen LogP contribution in [0.15, 0.2) is 29.2 Å². The van der Waals surface area contributed by atoms with Gasteiger partial charge in [-0.25, -0.2) is 13.1 Å². The molecule has 4 saturated carbocycles. The topological polar surface area (TPSA) is 46.2 Å². The molecule has 0 amide bonds. The van der Waals surface area contributed by atoms with Gasteiger partial charge in [-0.15, -0.1) is 0 Å². The van der Waals surface area contributed by atoms with Gasteiger partial charge < -0.3 is 0 Å². The molecule has 25 heavy (non-hydrogen) atoms. The Kier molecular flexibility index (Phi) is 4.27. The van der Waals surface area contributed by atoms with Crippen molar-refractivity contribution < 1.29 is 8.42 Å². The molecule has 1 atom stereocenters. The summed E-state index contributed by atoms with van der Waals surface area (Å²) in [7, 11) is -3.45. The fourth-order valence-electron chi connectivity index (χ4n) is 6.17. The second kappa shape index (κ2) is 6.09. The Balaban J connectivity index is 1.52. The Morgan fingerprint density at radius 1 is 0.920 bits per heavy atom. The minimum Gasteiger partial charge on any atom is -0.208 e. The van der Waals surface area contributed by atoms with Crippen LogP contribution < -0.4 is 4.72 Å². The summed E-state index contributed by atoms with van der Waals surface area (Å²) in [6, 6.07) is 7.41. The predicted molar refractivity (Wildman–Crippen MR) is 101 cm³/mol. The molecule has 0 aliphatic heterocycles. The Bertz CT molecular complexity index is 700. The first-order valence-corrected chi connectivity index (χ1v) is 11.4. The predicted octanol–water partition coefficient (Wildman–Crippen LogP) is 4.69. The maximum atomic E-state index is 12.9. The van der Waals surface area contributed by atoms with Gasteiger partial charge in [0, 0.05) is 6.04 Å². The summed E-state index contributed by atoms with van der Waals surface area (Å²) in [6.45, 7) is 6.35. The monoisotopic (exact) mass is 361 g/mol. The molecule has 4 heteroatoms. The first kappa shape index (κ1) is 17.5. The van der Waals surface area contributed by atoms with Crippen LogP contribution in [-0.4, -0.2) is 14.5 Å². The average Bonchev–Trinajstić information content (AvgIpc) is 2.53. The maximum absolute atomic E-state index is 12.9. The molecule has 4 aliphatic rings. The molecule has 1 N–H and O–H groups in total. The third-order valence-electron chi connectivity index (χ3n) is 7.19. The molecule has 0 heterocycles. The molecule has 3 nitrogen and oxygen atoms in total. The fraction of sp³-hybridized carbons (Fsp3) is 0.714. The quantitative estimate of drug-likeness (QED) is 0.827. The Morgan fingerprint density at radius 2 is 1.40 bits per heavy atom. The highest BCUT2D eigenvalue weighted by Gasteiger charge is 2.53. The number of hydrogen-bond donors (Lipinski definition) is 1. The van der Waals surface area contributed by atoms with Gasteiger partial charge in [0.25, 0.3) is 0 Å². The van der Waals surface area contributed by atoms with Gasteiger partial charge in [-0.05, 0) is 92.2 Å². The minimum absolute atomic E-state index is 0.0238. The van der Waals surface area contributed by atoms with Gasteiger partial charge in [0.15, 0.2) is 0 Å². The number of rotatable bonds is 5. The van der Waals surface area contributed by atoms with E-state index in [0.29, 0.717) is 10.8 Å². The van der Waals surface area contributed by atoms with Crippen LogP contribution in [0.5, 0.6) is 0 Å². The first-order valence-electron chi connectivity index (χ1n) is 9.90. The zero-order chi connectivity index (χ0) is 17.8. The SMILES string of the molecule is CC(C)c1ccc(S(=O)(=O)NC(C)C23CC4CC(CC(C4)C2)C3)cc1. The molecule has 4 fully saturated rings. The summed E-state index contributed by atoms with van der Waals surface area (Å²) in [5.41, 5.74) is 1.37. The van der Waals surface area contributed by atoms with E-state index in [9.17, 15) is 8.42 Å². The van der Waals surface area contributed by atoms with Gasteiger partial charge >= 0.3 is 0 Å². The zero-order valence-corrected chi connectivity index (χ0v) is 16.5. The molecular weight excluding hydrogens is 330 g/mol. The van der Waals surface area contributed by atoms with Crippen molar-refractivity contribution in [3.05, 3.63) is 29.8 Å². The van der Waals surface area contributed by atoms with Crippen LogP contribution in [0, 0.1) is 23.2 Å². The molecule has 1 unspecified atom stereocenters. The number of nitrogens with one attached hydrogen (secondary N) is 1. The van der Waals surface area contributed by atoms with E-state index in [0.717, 1.165) is 17.8 Å². The number of benzene rings is 1. The molecule has 1 aromatic rings. The van der Waals surface area contributed by atoms with Gasteiger partial charge in [-0.2, -0.15) is 0 Å². The normalized spacial score (nSPS) is 35.3. The van der Waals surface area contributed by atoms with Crippen molar-refractivity contribution in [2.75, 3.05) is 0 Å². The fourth-order valence-corrected chi connectivity index (χ4v) is 7.51.